The minimum atomic E-state index is -3.46. The summed E-state index contributed by atoms with van der Waals surface area (Å²) in [4.78, 5) is 25.5. The predicted molar refractivity (Wildman–Crippen MR) is 133 cm³/mol. The number of nitrogens with zero attached hydrogens (tertiary/aromatic N) is 1. The van der Waals surface area contributed by atoms with Crippen molar-refractivity contribution in [2.24, 2.45) is 0 Å². The van der Waals surface area contributed by atoms with Gasteiger partial charge in [-0.25, -0.2) is 13.2 Å². The molecule has 0 atom stereocenters. The molecule has 2 aromatic carbocycles. The molecule has 1 aliphatic heterocycles. The van der Waals surface area contributed by atoms with Crippen molar-refractivity contribution in [3.63, 3.8) is 0 Å². The predicted octanol–water partition coefficient (Wildman–Crippen LogP) is 3.86. The zero-order valence-corrected chi connectivity index (χ0v) is 21.1. The van der Waals surface area contributed by atoms with Crippen molar-refractivity contribution in [2.45, 2.75) is 32.6 Å². The number of benzene rings is 2. The zero-order chi connectivity index (χ0) is 25.3. The van der Waals surface area contributed by atoms with E-state index in [-0.39, 0.29) is 35.0 Å². The van der Waals surface area contributed by atoms with Gasteiger partial charge in [-0.3, -0.25) is 19.7 Å². The molecule has 0 saturated carbocycles. The molecule has 10 heteroatoms. The molecule has 1 aliphatic rings. The number of methoxy groups -OCH3 is 1. The maximum atomic E-state index is 12.4. The van der Waals surface area contributed by atoms with Crippen LogP contribution in [0.15, 0.2) is 30.3 Å². The van der Waals surface area contributed by atoms with Gasteiger partial charge < -0.3 is 4.74 Å². The highest BCUT2D eigenvalue weighted by atomic mass is 35.5. The molecule has 0 aromatic heterocycles. The Kier molecular flexibility index (Phi) is 7.15. The Hall–Kier alpha value is -3.22. The average Bonchev–Trinajstić information content (AvgIpc) is 2.72. The summed E-state index contributed by atoms with van der Waals surface area (Å²) in [7, 11) is -1.90. The smallest absolute Gasteiger partial charge is 0.328 e. The summed E-state index contributed by atoms with van der Waals surface area (Å²) >= 11 is 6.22. The van der Waals surface area contributed by atoms with Crippen LogP contribution >= 0.6 is 11.6 Å². The topological polar surface area (TPSA) is 105 Å². The van der Waals surface area contributed by atoms with E-state index in [4.69, 9.17) is 16.3 Å². The van der Waals surface area contributed by atoms with Gasteiger partial charge in [-0.2, -0.15) is 0 Å². The molecule has 0 unspecified atom stereocenters. The van der Waals surface area contributed by atoms with Crippen LogP contribution in [0.5, 0.6) is 5.75 Å². The Balaban J connectivity index is 2.08. The van der Waals surface area contributed by atoms with Gasteiger partial charge in [-0.05, 0) is 35.7 Å². The summed E-state index contributed by atoms with van der Waals surface area (Å²) in [5, 5.41) is 2.55. The molecular formula is C24H26ClN3O5S. The van der Waals surface area contributed by atoms with E-state index < -0.39 is 16.1 Å². The summed E-state index contributed by atoms with van der Waals surface area (Å²) in [5.74, 6) is 6.40. The van der Waals surface area contributed by atoms with Crippen LogP contribution in [0.1, 0.15) is 43.9 Å². The van der Waals surface area contributed by atoms with Gasteiger partial charge in [0.2, 0.25) is 15.9 Å². The fourth-order valence-electron chi connectivity index (χ4n) is 3.46. The van der Waals surface area contributed by atoms with E-state index in [0.717, 1.165) is 11.8 Å². The van der Waals surface area contributed by atoms with Crippen LogP contribution < -0.4 is 19.7 Å². The lowest BCUT2D eigenvalue weighted by Crippen LogP contribution is -2.49. The van der Waals surface area contributed by atoms with Gasteiger partial charge in [-0.1, -0.05) is 44.2 Å². The molecule has 0 spiro atoms. The number of halogens is 1. The summed E-state index contributed by atoms with van der Waals surface area (Å²) < 4.78 is 31.0. The third kappa shape index (κ3) is 6.01. The Bertz CT molecular complexity index is 1320. The minimum Gasteiger partial charge on any atom is -0.495 e. The standard InChI is InChI=1S/C24H26ClN3O5S/c1-24(2,3)18-14-17(28-11-10-21(29)26-23(28)30)13-16(22(18)33-4)8-6-15-7-9-20(19(25)12-15)27-34(5,31)32/h7,9,12-14,27H,10-11H2,1-5H3,(H,26,29,30). The third-order valence-electron chi connectivity index (χ3n) is 5.06. The second-order valence-corrected chi connectivity index (χ2v) is 11.1. The van der Waals surface area contributed by atoms with Gasteiger partial charge in [0.1, 0.15) is 5.75 Å². The molecule has 180 valence electrons. The van der Waals surface area contributed by atoms with Crippen molar-refractivity contribution < 1.29 is 22.7 Å². The first-order valence-corrected chi connectivity index (χ1v) is 12.7. The number of urea groups is 1. The number of carbonyl (C=O) groups is 2. The van der Waals surface area contributed by atoms with Gasteiger partial charge in [0.15, 0.2) is 0 Å². The molecule has 0 aliphatic carbocycles. The van der Waals surface area contributed by atoms with Crippen LogP contribution in [0, 0.1) is 11.8 Å². The molecule has 1 heterocycles. The highest BCUT2D eigenvalue weighted by Crippen LogP contribution is 2.38. The maximum Gasteiger partial charge on any atom is 0.328 e. The molecule has 8 nitrogen and oxygen atoms in total. The van der Waals surface area contributed by atoms with Crippen molar-refractivity contribution >= 4 is 44.9 Å². The number of rotatable bonds is 4. The molecule has 2 aromatic rings. The minimum absolute atomic E-state index is 0.204. The number of amides is 3. The maximum absolute atomic E-state index is 12.4. The Labute approximate surface area is 204 Å². The molecule has 1 fully saturated rings. The molecule has 0 radical (unpaired) electrons. The molecular weight excluding hydrogens is 478 g/mol. The number of anilines is 2. The number of hydrogen-bond acceptors (Lipinski definition) is 5. The highest BCUT2D eigenvalue weighted by molar-refractivity contribution is 7.92. The fraction of sp³-hybridized carbons (Fsp3) is 0.333. The first kappa shape index (κ1) is 25.4. The van der Waals surface area contributed by atoms with E-state index in [0.29, 0.717) is 22.6 Å². The number of carbonyl (C=O) groups excluding carboxylic acids is 2. The van der Waals surface area contributed by atoms with E-state index in [1.807, 2.05) is 26.8 Å². The van der Waals surface area contributed by atoms with E-state index in [2.05, 4.69) is 21.9 Å². The lowest BCUT2D eigenvalue weighted by molar-refractivity contribution is -0.120. The summed E-state index contributed by atoms with van der Waals surface area (Å²) in [5.41, 5.74) is 2.52. The average molecular weight is 504 g/mol. The second kappa shape index (κ2) is 9.57. The second-order valence-electron chi connectivity index (χ2n) is 8.90. The number of nitrogens with one attached hydrogen (secondary N) is 2. The van der Waals surface area contributed by atoms with E-state index >= 15 is 0 Å². The van der Waals surface area contributed by atoms with Crippen LogP contribution in [-0.4, -0.2) is 40.3 Å². The van der Waals surface area contributed by atoms with Crippen molar-refractivity contribution in [2.75, 3.05) is 29.5 Å². The molecule has 34 heavy (non-hydrogen) atoms. The first-order valence-electron chi connectivity index (χ1n) is 10.4. The van der Waals surface area contributed by atoms with Gasteiger partial charge in [0.05, 0.1) is 29.6 Å². The van der Waals surface area contributed by atoms with E-state index in [9.17, 15) is 18.0 Å². The van der Waals surface area contributed by atoms with Crippen LogP contribution in [0.3, 0.4) is 0 Å². The summed E-state index contributed by atoms with van der Waals surface area (Å²) in [6.45, 7) is 6.34. The van der Waals surface area contributed by atoms with Crippen LogP contribution in [0.25, 0.3) is 0 Å². The number of imide groups is 1. The number of hydrogen-bond donors (Lipinski definition) is 2. The lowest BCUT2D eigenvalue weighted by Gasteiger charge is -2.30. The molecule has 1 saturated heterocycles. The van der Waals surface area contributed by atoms with Crippen molar-refractivity contribution in [3.8, 4) is 17.6 Å². The van der Waals surface area contributed by atoms with Gasteiger partial charge in [0, 0.05) is 29.8 Å². The Morgan fingerprint density at radius 1 is 1.15 bits per heavy atom. The normalized spacial score (nSPS) is 14.2. The van der Waals surface area contributed by atoms with Gasteiger partial charge in [-0.15, -0.1) is 0 Å². The van der Waals surface area contributed by atoms with Gasteiger partial charge in [0.25, 0.3) is 0 Å². The zero-order valence-electron chi connectivity index (χ0n) is 19.6. The first-order chi connectivity index (χ1) is 15.8. The van der Waals surface area contributed by atoms with Crippen molar-refractivity contribution in [1.29, 1.82) is 0 Å². The third-order valence-corrected chi connectivity index (χ3v) is 5.96. The molecule has 2 N–H and O–H groups in total. The monoisotopic (exact) mass is 503 g/mol. The lowest BCUT2D eigenvalue weighted by atomic mass is 9.84. The molecule has 0 bridgehead atoms. The van der Waals surface area contributed by atoms with Gasteiger partial charge >= 0.3 is 6.03 Å². The van der Waals surface area contributed by atoms with Crippen LogP contribution in [0.2, 0.25) is 5.02 Å². The SMILES string of the molecule is COc1c(C#Cc2ccc(NS(C)(=O)=O)c(Cl)c2)cc(N2CCC(=O)NC2=O)cc1C(C)(C)C. The fourth-order valence-corrected chi connectivity index (χ4v) is 4.33. The largest absolute Gasteiger partial charge is 0.495 e. The van der Waals surface area contributed by atoms with Crippen molar-refractivity contribution in [1.82, 2.24) is 5.32 Å². The van der Waals surface area contributed by atoms with E-state index in [1.54, 1.807) is 25.3 Å². The Morgan fingerprint density at radius 3 is 2.41 bits per heavy atom. The summed E-state index contributed by atoms with van der Waals surface area (Å²) in [6.07, 6.45) is 1.25. The van der Waals surface area contributed by atoms with E-state index in [1.165, 1.54) is 11.0 Å². The summed E-state index contributed by atoms with van der Waals surface area (Å²) in [6, 6.07) is 7.89. The highest BCUT2D eigenvalue weighted by Gasteiger charge is 2.28. The number of sulfonamides is 1. The number of ether oxygens (including phenoxy) is 1. The van der Waals surface area contributed by atoms with Crippen LogP contribution in [0.4, 0.5) is 16.2 Å². The van der Waals surface area contributed by atoms with Crippen molar-refractivity contribution in [3.05, 3.63) is 52.0 Å². The van der Waals surface area contributed by atoms with Crippen LogP contribution in [-0.2, 0) is 20.2 Å². The quantitative estimate of drug-likeness (QED) is 0.616. The molecule has 3 rings (SSSR count). The molecule has 3 amide bonds. The Morgan fingerprint density at radius 2 is 1.85 bits per heavy atom.